The summed E-state index contributed by atoms with van der Waals surface area (Å²) in [5, 5.41) is 0. The van der Waals surface area contributed by atoms with Crippen molar-refractivity contribution in [2.24, 2.45) is 5.73 Å². The fourth-order valence-electron chi connectivity index (χ4n) is 2.20. The second kappa shape index (κ2) is 4.59. The summed E-state index contributed by atoms with van der Waals surface area (Å²) in [6.07, 6.45) is 0. The Kier molecular flexibility index (Phi) is 3.05. The highest BCUT2D eigenvalue weighted by molar-refractivity contribution is 7.16. The predicted molar refractivity (Wildman–Crippen MR) is 73.8 cm³/mol. The van der Waals surface area contributed by atoms with Crippen LogP contribution in [0, 0.1) is 5.82 Å². The topological polar surface area (TPSA) is 46.3 Å². The Bertz CT molecular complexity index is 658. The van der Waals surface area contributed by atoms with Gasteiger partial charge in [-0.25, -0.2) is 4.39 Å². The van der Waals surface area contributed by atoms with Crippen molar-refractivity contribution in [3.8, 4) is 0 Å². The van der Waals surface area contributed by atoms with Crippen LogP contribution in [0.15, 0.2) is 30.3 Å². The van der Waals surface area contributed by atoms with Crippen LogP contribution < -0.4 is 10.6 Å². The Morgan fingerprint density at radius 1 is 1.37 bits per heavy atom. The fraction of sp³-hybridized carbons (Fsp3) is 0.154. The summed E-state index contributed by atoms with van der Waals surface area (Å²) in [7, 11) is 0. The molecule has 3 rings (SSSR count). The molecule has 1 unspecified atom stereocenters. The minimum atomic E-state index is -0.791. The number of nitrogens with zero attached hydrogens (tertiary/aromatic N) is 1. The van der Waals surface area contributed by atoms with Gasteiger partial charge in [0, 0.05) is 16.1 Å². The van der Waals surface area contributed by atoms with Gasteiger partial charge in [-0.2, -0.15) is 0 Å². The first-order chi connectivity index (χ1) is 9.06. The van der Waals surface area contributed by atoms with E-state index in [1.165, 1.54) is 23.5 Å². The van der Waals surface area contributed by atoms with Crippen molar-refractivity contribution < 1.29 is 9.18 Å². The van der Waals surface area contributed by atoms with Gasteiger partial charge in [-0.15, -0.1) is 11.3 Å². The maximum atomic E-state index is 13.2. The number of carbonyl (C=O) groups excluding carboxylic acids is 1. The van der Waals surface area contributed by atoms with Crippen LogP contribution >= 0.6 is 22.9 Å². The summed E-state index contributed by atoms with van der Waals surface area (Å²) in [5.41, 5.74) is 7.03. The molecule has 6 heteroatoms. The number of benzene rings is 1. The summed E-state index contributed by atoms with van der Waals surface area (Å²) < 4.78 is 13.9. The number of fused-ring (bicyclic) bond motifs is 1. The number of anilines is 1. The van der Waals surface area contributed by atoms with Gasteiger partial charge in [-0.05, 0) is 30.3 Å². The molecule has 3 nitrogen and oxygen atoms in total. The summed E-state index contributed by atoms with van der Waals surface area (Å²) in [4.78, 5) is 14.7. The molecule has 19 heavy (non-hydrogen) atoms. The molecule has 0 saturated carbocycles. The first-order valence-corrected chi connectivity index (χ1v) is 6.86. The second-order valence-electron chi connectivity index (χ2n) is 4.31. The van der Waals surface area contributed by atoms with E-state index in [0.717, 1.165) is 4.88 Å². The first kappa shape index (κ1) is 12.6. The zero-order chi connectivity index (χ0) is 13.6. The zero-order valence-corrected chi connectivity index (χ0v) is 11.3. The SMILES string of the molecule is NC1C(=O)N(Cc2ccc(Cl)s2)c2ccc(F)cc21. The van der Waals surface area contributed by atoms with E-state index in [9.17, 15) is 9.18 Å². The molecule has 98 valence electrons. The van der Waals surface area contributed by atoms with Crippen LogP contribution in [0.5, 0.6) is 0 Å². The van der Waals surface area contributed by atoms with E-state index < -0.39 is 6.04 Å². The summed E-state index contributed by atoms with van der Waals surface area (Å²) >= 11 is 7.29. The van der Waals surface area contributed by atoms with E-state index in [1.54, 1.807) is 17.0 Å². The number of hydrogen-bond donors (Lipinski definition) is 1. The Balaban J connectivity index is 1.97. The third-order valence-electron chi connectivity index (χ3n) is 3.09. The molecule has 1 aromatic heterocycles. The summed E-state index contributed by atoms with van der Waals surface area (Å²) in [5.74, 6) is -0.604. The van der Waals surface area contributed by atoms with E-state index in [2.05, 4.69) is 0 Å². The van der Waals surface area contributed by atoms with E-state index in [1.807, 2.05) is 6.07 Å². The highest BCUT2D eigenvalue weighted by atomic mass is 35.5. The number of nitrogens with two attached hydrogens (primary N) is 1. The van der Waals surface area contributed by atoms with Gasteiger partial charge in [0.05, 0.1) is 10.9 Å². The molecule has 2 N–H and O–H groups in total. The quantitative estimate of drug-likeness (QED) is 0.925. The minimum Gasteiger partial charge on any atom is -0.316 e. The highest BCUT2D eigenvalue weighted by Crippen LogP contribution is 2.36. The molecule has 0 aliphatic carbocycles. The number of amides is 1. The maximum Gasteiger partial charge on any atom is 0.248 e. The molecule has 1 aliphatic heterocycles. The van der Waals surface area contributed by atoms with Crippen LogP contribution in [-0.2, 0) is 11.3 Å². The van der Waals surface area contributed by atoms with Crippen molar-refractivity contribution in [2.75, 3.05) is 4.90 Å². The van der Waals surface area contributed by atoms with Gasteiger partial charge in [-0.1, -0.05) is 11.6 Å². The predicted octanol–water partition coefficient (Wildman–Crippen LogP) is 3.09. The molecule has 1 amide bonds. The van der Waals surface area contributed by atoms with Crippen molar-refractivity contribution in [2.45, 2.75) is 12.6 Å². The molecule has 2 heterocycles. The van der Waals surface area contributed by atoms with Gasteiger partial charge in [0.15, 0.2) is 0 Å². The number of rotatable bonds is 2. The molecule has 0 spiro atoms. The molecule has 1 aromatic carbocycles. The minimum absolute atomic E-state index is 0.217. The molecule has 0 saturated heterocycles. The summed E-state index contributed by atoms with van der Waals surface area (Å²) in [6, 6.07) is 7.10. The molecule has 1 atom stereocenters. The van der Waals surface area contributed by atoms with E-state index in [0.29, 0.717) is 22.1 Å². The molecule has 2 aromatic rings. The van der Waals surface area contributed by atoms with Crippen LogP contribution in [-0.4, -0.2) is 5.91 Å². The Morgan fingerprint density at radius 2 is 2.16 bits per heavy atom. The van der Waals surface area contributed by atoms with Gasteiger partial charge in [-0.3, -0.25) is 4.79 Å². The fourth-order valence-corrected chi connectivity index (χ4v) is 3.27. The molecule has 1 aliphatic rings. The third kappa shape index (κ3) is 2.14. The molecule has 0 bridgehead atoms. The van der Waals surface area contributed by atoms with Crippen molar-refractivity contribution in [3.63, 3.8) is 0 Å². The van der Waals surface area contributed by atoms with Crippen molar-refractivity contribution >= 4 is 34.5 Å². The maximum absolute atomic E-state index is 13.2. The largest absolute Gasteiger partial charge is 0.316 e. The Labute approximate surface area is 118 Å². The van der Waals surface area contributed by atoms with Crippen molar-refractivity contribution in [3.05, 3.63) is 50.9 Å². The monoisotopic (exact) mass is 296 g/mol. The number of hydrogen-bond acceptors (Lipinski definition) is 3. The molecular formula is C13H10ClFN2OS. The first-order valence-electron chi connectivity index (χ1n) is 5.67. The Hall–Kier alpha value is -1.43. The van der Waals surface area contributed by atoms with Crippen molar-refractivity contribution in [1.82, 2.24) is 0 Å². The van der Waals surface area contributed by atoms with Crippen LogP contribution in [0.4, 0.5) is 10.1 Å². The third-order valence-corrected chi connectivity index (χ3v) is 4.31. The lowest BCUT2D eigenvalue weighted by Gasteiger charge is -2.16. The molecule has 0 radical (unpaired) electrons. The van der Waals surface area contributed by atoms with Gasteiger partial charge >= 0.3 is 0 Å². The smallest absolute Gasteiger partial charge is 0.248 e. The molecular weight excluding hydrogens is 287 g/mol. The number of halogens is 2. The standard InChI is InChI=1S/C13H10ClFN2OS/c14-11-4-2-8(19-11)6-17-10-3-1-7(15)5-9(10)12(16)13(17)18/h1-5,12H,6,16H2. The van der Waals surface area contributed by atoms with Gasteiger partial charge in [0.1, 0.15) is 11.9 Å². The lowest BCUT2D eigenvalue weighted by Crippen LogP contribution is -2.30. The lowest BCUT2D eigenvalue weighted by atomic mass is 10.1. The van der Waals surface area contributed by atoms with Gasteiger partial charge in [0.2, 0.25) is 5.91 Å². The van der Waals surface area contributed by atoms with E-state index in [4.69, 9.17) is 17.3 Å². The average molecular weight is 297 g/mol. The van der Waals surface area contributed by atoms with Crippen molar-refractivity contribution in [1.29, 1.82) is 0 Å². The van der Waals surface area contributed by atoms with E-state index >= 15 is 0 Å². The normalized spacial score (nSPS) is 17.9. The second-order valence-corrected chi connectivity index (χ2v) is 6.11. The number of thiophene rings is 1. The summed E-state index contributed by atoms with van der Waals surface area (Å²) in [6.45, 7) is 0.405. The van der Waals surface area contributed by atoms with Gasteiger partial charge < -0.3 is 10.6 Å². The van der Waals surface area contributed by atoms with Crippen LogP contribution in [0.2, 0.25) is 4.34 Å². The lowest BCUT2D eigenvalue weighted by molar-refractivity contribution is -0.119. The highest BCUT2D eigenvalue weighted by Gasteiger charge is 2.35. The van der Waals surface area contributed by atoms with E-state index in [-0.39, 0.29) is 11.7 Å². The molecule has 0 fully saturated rings. The van der Waals surface area contributed by atoms with Crippen LogP contribution in [0.3, 0.4) is 0 Å². The van der Waals surface area contributed by atoms with Gasteiger partial charge in [0.25, 0.3) is 0 Å². The number of carbonyl (C=O) groups is 1. The average Bonchev–Trinajstić information content (AvgIpc) is 2.88. The van der Waals surface area contributed by atoms with Crippen LogP contribution in [0.1, 0.15) is 16.5 Å². The zero-order valence-electron chi connectivity index (χ0n) is 9.77. The van der Waals surface area contributed by atoms with Crippen LogP contribution in [0.25, 0.3) is 0 Å². The Morgan fingerprint density at radius 3 is 2.84 bits per heavy atom.